The maximum Gasteiger partial charge on any atom is 0.408 e. The number of nitro groups is 1. The van der Waals surface area contributed by atoms with E-state index in [1.807, 2.05) is 24.3 Å². The predicted molar refractivity (Wildman–Crippen MR) is 317 cm³/mol. The Balaban J connectivity index is 0.796. The number of ketones is 4. The van der Waals surface area contributed by atoms with Crippen LogP contribution in [0.4, 0.5) is 16.2 Å². The van der Waals surface area contributed by atoms with Gasteiger partial charge in [-0.1, -0.05) is 54.3 Å². The van der Waals surface area contributed by atoms with Crippen LogP contribution in [-0.4, -0.2) is 154 Å². The summed E-state index contributed by atoms with van der Waals surface area (Å²) in [6.45, 7) is 0.682. The molecule has 3 amide bonds. The number of hydrogen-bond donors (Lipinski definition) is 8. The van der Waals surface area contributed by atoms with Crippen molar-refractivity contribution in [3.05, 3.63) is 145 Å². The predicted octanol–water partition coefficient (Wildman–Crippen LogP) is 4.66. The summed E-state index contributed by atoms with van der Waals surface area (Å²) in [6, 6.07) is 19.5. The number of phenols is 2. The fourth-order valence-electron chi connectivity index (χ4n) is 11.6. The smallest absolute Gasteiger partial charge is 0.408 e. The van der Waals surface area contributed by atoms with E-state index < -0.39 is 165 Å². The minimum absolute atomic E-state index is 0.0102. The van der Waals surface area contributed by atoms with Gasteiger partial charge in [0.25, 0.3) is 15.8 Å². The second-order valence-corrected chi connectivity index (χ2v) is 23.7. The molecular formula is C63H64N4O23S. The molecule has 0 bridgehead atoms. The minimum Gasteiger partial charge on any atom is -0.507 e. The Morgan fingerprint density at radius 2 is 1.57 bits per heavy atom. The number of benzene rings is 5. The molecule has 28 heteroatoms. The number of anilines is 1. The first-order chi connectivity index (χ1) is 43.3. The highest BCUT2D eigenvalue weighted by molar-refractivity contribution is 7.87. The van der Waals surface area contributed by atoms with Gasteiger partial charge in [0, 0.05) is 72.9 Å². The third-order valence-electron chi connectivity index (χ3n) is 16.3. The number of nitrogens with zero attached hydrogens (tertiary/aromatic N) is 2. The van der Waals surface area contributed by atoms with Gasteiger partial charge in [0.05, 0.1) is 84.6 Å². The molecule has 0 spiro atoms. The topological polar surface area (TPSA) is 401 Å². The molecule has 8 atom stereocenters. The van der Waals surface area contributed by atoms with Gasteiger partial charge in [-0.15, -0.1) is 0 Å². The SMILES string of the molecule is COc1cc(C(C)OC(=O)NC2C[C@H](O[C@H]3C[C@](O)(C(=O)CO)Cc4c(O)c5c(c(O)c43)C(=O)c3c(OC)cccc3C5=O)O[C@@H](C)[C@@H]2O)c([N+](=O)[O-])cc1OCCCC(=O)NCC(C(=O)CCCC(=O)N1Cc2ccccc2C#Cc2ccccc21)S(=O)(=O)O. The van der Waals surface area contributed by atoms with Gasteiger partial charge in [0.1, 0.15) is 41.7 Å². The monoisotopic (exact) mass is 1280 g/mol. The van der Waals surface area contributed by atoms with Gasteiger partial charge < -0.3 is 69.5 Å². The van der Waals surface area contributed by atoms with Crippen LogP contribution in [-0.2, 0) is 56.5 Å². The Kier molecular flexibility index (Phi) is 19.9. The molecular weight excluding hydrogens is 1210 g/mol. The largest absolute Gasteiger partial charge is 0.507 e. The number of Topliss-reactive ketones (excluding diaryl/α,β-unsaturated/α-hetero) is 2. The summed E-state index contributed by atoms with van der Waals surface area (Å²) in [5.74, 6) is -0.650. The molecule has 3 unspecified atom stereocenters. The zero-order chi connectivity index (χ0) is 65.8. The summed E-state index contributed by atoms with van der Waals surface area (Å²) in [5.41, 5.74) is -2.80. The Bertz CT molecular complexity index is 3950. The lowest BCUT2D eigenvalue weighted by molar-refractivity contribution is -0.386. The second-order valence-electron chi connectivity index (χ2n) is 22.1. The molecule has 2 heterocycles. The van der Waals surface area contributed by atoms with E-state index in [0.717, 1.165) is 17.2 Å². The highest BCUT2D eigenvalue weighted by atomic mass is 32.2. The van der Waals surface area contributed by atoms with Crippen LogP contribution in [0.2, 0.25) is 0 Å². The maximum atomic E-state index is 14.1. The number of rotatable bonds is 23. The quantitative estimate of drug-likeness (QED) is 0.0108. The number of hydrogen-bond acceptors (Lipinski definition) is 22. The summed E-state index contributed by atoms with van der Waals surface area (Å²) in [5, 5.41) is 71.7. The van der Waals surface area contributed by atoms with E-state index in [1.54, 1.807) is 29.2 Å². The van der Waals surface area contributed by atoms with Crippen molar-refractivity contribution in [2.75, 3.05) is 38.9 Å². The van der Waals surface area contributed by atoms with Crippen molar-refractivity contribution >= 4 is 62.5 Å². The normalized spacial score (nSPS) is 20.4. The number of para-hydroxylation sites is 1. The van der Waals surface area contributed by atoms with Crippen LogP contribution in [0.25, 0.3) is 0 Å². The standard InChI is InChI=1S/C63H64N4O23S/c1-32(89-62(78)65-40-25-52(88-33(2)57(40)73)90-47-28-63(79,49(70)31-68)27-39-54(47)61(77)56-55(59(39)75)58(74)37-15-9-18-44(85-3)53(37)60(56)76)38-24-45(86-4)46(26-42(38)67(80)81)87-23-11-19-50(71)64-29-48(91(82,83)84)43(69)17-10-20-51(72)66-30-36-14-6-5-12-34(36)21-22-35-13-7-8-16-41(35)66/h5-9,12-16,18,24,26,32-33,40,47-48,52,57,68,73,75,77,79H,10-11,17,19-20,23,25,27-31H2,1-4H3,(H,64,71)(H,65,78)(H,82,83,84)/t32?,33-,40?,47-,48?,52-,57-,63-/m0/s1. The van der Waals surface area contributed by atoms with E-state index in [9.17, 15) is 82.2 Å². The molecule has 2 aliphatic heterocycles. The lowest BCUT2D eigenvalue weighted by Crippen LogP contribution is -2.56. The van der Waals surface area contributed by atoms with Crippen LogP contribution in [0.3, 0.4) is 0 Å². The summed E-state index contributed by atoms with van der Waals surface area (Å²) in [4.78, 5) is 108. The van der Waals surface area contributed by atoms with E-state index in [-0.39, 0.29) is 89.8 Å². The molecule has 1 saturated heterocycles. The zero-order valence-corrected chi connectivity index (χ0v) is 50.3. The van der Waals surface area contributed by atoms with Crippen LogP contribution >= 0.6 is 0 Å². The summed E-state index contributed by atoms with van der Waals surface area (Å²) >= 11 is 0. The lowest BCUT2D eigenvalue weighted by Gasteiger charge is -2.42. The maximum absolute atomic E-state index is 14.1. The number of carbonyl (C=O) groups is 7. The van der Waals surface area contributed by atoms with Gasteiger partial charge in [-0.3, -0.25) is 43.4 Å². The van der Waals surface area contributed by atoms with Gasteiger partial charge in [-0.25, -0.2) is 4.79 Å². The highest BCUT2D eigenvalue weighted by Gasteiger charge is 2.51. The van der Waals surface area contributed by atoms with Crippen molar-refractivity contribution < 1.29 is 105 Å². The molecule has 27 nitrogen and oxygen atoms in total. The summed E-state index contributed by atoms with van der Waals surface area (Å²) < 4.78 is 69.0. The Labute approximate surface area is 520 Å². The number of aliphatic hydroxyl groups is 3. The van der Waals surface area contributed by atoms with Gasteiger partial charge in [0.15, 0.2) is 40.4 Å². The van der Waals surface area contributed by atoms with Crippen molar-refractivity contribution in [2.24, 2.45) is 0 Å². The lowest BCUT2D eigenvalue weighted by atomic mass is 9.72. The molecule has 1 fully saturated rings. The molecule has 0 aromatic heterocycles. The van der Waals surface area contributed by atoms with Crippen molar-refractivity contribution in [3.8, 4) is 40.6 Å². The van der Waals surface area contributed by atoms with Crippen molar-refractivity contribution in [3.63, 3.8) is 0 Å². The number of alkyl carbamates (subject to hydrolysis) is 1. The molecule has 91 heavy (non-hydrogen) atoms. The number of aromatic hydroxyl groups is 2. The number of amides is 3. The molecule has 5 aromatic carbocycles. The number of nitrogens with one attached hydrogen (secondary N) is 2. The number of phenolic OH excluding ortho intramolecular Hbond substituents is 2. The third kappa shape index (κ3) is 13.9. The van der Waals surface area contributed by atoms with Crippen molar-refractivity contribution in [2.45, 2.75) is 119 Å². The molecule has 9 rings (SSSR count). The average Bonchev–Trinajstić information content (AvgIpc) is 0.713. The van der Waals surface area contributed by atoms with E-state index in [0.29, 0.717) is 11.3 Å². The van der Waals surface area contributed by atoms with Gasteiger partial charge >= 0.3 is 6.09 Å². The first-order valence-corrected chi connectivity index (χ1v) is 30.2. The second kappa shape index (κ2) is 27.4. The van der Waals surface area contributed by atoms with Crippen LogP contribution in [0, 0.1) is 22.0 Å². The van der Waals surface area contributed by atoms with E-state index >= 15 is 0 Å². The van der Waals surface area contributed by atoms with Crippen LogP contribution in [0.1, 0.15) is 136 Å². The third-order valence-corrected chi connectivity index (χ3v) is 17.4. The Morgan fingerprint density at radius 3 is 2.27 bits per heavy atom. The van der Waals surface area contributed by atoms with E-state index in [2.05, 4.69) is 22.5 Å². The number of nitro benzene ring substituents is 1. The molecule has 2 aliphatic carbocycles. The summed E-state index contributed by atoms with van der Waals surface area (Å²) in [6.07, 6.45) is -11.2. The molecule has 8 N–H and O–H groups in total. The molecule has 0 saturated carbocycles. The number of methoxy groups -OCH3 is 2. The first kappa shape index (κ1) is 66.1. The van der Waals surface area contributed by atoms with E-state index in [4.69, 9.17) is 28.4 Å². The fourth-order valence-corrected chi connectivity index (χ4v) is 12.3. The van der Waals surface area contributed by atoms with Crippen LogP contribution < -0.4 is 29.7 Å². The van der Waals surface area contributed by atoms with Crippen molar-refractivity contribution in [1.82, 2.24) is 10.6 Å². The van der Waals surface area contributed by atoms with Gasteiger partial charge in [0.2, 0.25) is 17.6 Å². The average molecular weight is 1280 g/mol. The molecule has 4 aliphatic rings. The van der Waals surface area contributed by atoms with Gasteiger partial charge in [-0.05, 0) is 62.6 Å². The fraction of sp³-hybridized carbons (Fsp3) is 0.381. The highest BCUT2D eigenvalue weighted by Crippen LogP contribution is 2.53. The van der Waals surface area contributed by atoms with Gasteiger partial charge in [-0.2, -0.15) is 8.42 Å². The number of aliphatic hydroxyl groups excluding tert-OH is 2. The van der Waals surface area contributed by atoms with Crippen LogP contribution in [0.5, 0.6) is 28.7 Å². The minimum atomic E-state index is -5.02. The zero-order valence-electron chi connectivity index (χ0n) is 49.5. The molecule has 5 aromatic rings. The van der Waals surface area contributed by atoms with E-state index in [1.165, 1.54) is 52.3 Å². The number of carbonyl (C=O) groups excluding carboxylic acids is 7. The first-order valence-electron chi connectivity index (χ1n) is 28.7. The molecule has 0 radical (unpaired) electrons. The number of fused-ring (bicyclic) bond motifs is 5. The van der Waals surface area contributed by atoms with Crippen molar-refractivity contribution in [1.29, 1.82) is 0 Å². The molecule has 480 valence electrons. The number of ether oxygens (including phenoxy) is 6. The summed E-state index contributed by atoms with van der Waals surface area (Å²) in [7, 11) is -2.54. The Hall–Kier alpha value is -9.34. The van der Waals surface area contributed by atoms with Crippen LogP contribution in [0.15, 0.2) is 78.9 Å². The Morgan fingerprint density at radius 1 is 0.879 bits per heavy atom.